The van der Waals surface area contributed by atoms with E-state index in [1.165, 1.54) is 12.3 Å². The summed E-state index contributed by atoms with van der Waals surface area (Å²) in [5.74, 6) is 1.21. The van der Waals surface area contributed by atoms with Crippen LogP contribution in [0.5, 0.6) is 17.2 Å². The number of anilines is 1. The molecule has 7 nitrogen and oxygen atoms in total. The highest BCUT2D eigenvalue weighted by molar-refractivity contribution is 9.11. The number of carbonyl (C=O) groups is 1. The van der Waals surface area contributed by atoms with Crippen molar-refractivity contribution in [1.29, 1.82) is 0 Å². The predicted octanol–water partition coefficient (Wildman–Crippen LogP) is 3.90. The molecule has 0 aliphatic carbocycles. The van der Waals surface area contributed by atoms with Crippen molar-refractivity contribution in [2.75, 3.05) is 11.9 Å². The van der Waals surface area contributed by atoms with Gasteiger partial charge in [-0.05, 0) is 24.6 Å². The number of pyridine rings is 1. The summed E-state index contributed by atoms with van der Waals surface area (Å²) in [5, 5.41) is 6.49. The molecule has 1 aromatic carbocycles. The summed E-state index contributed by atoms with van der Waals surface area (Å²) >= 11 is 3.48. The molecule has 8 heteroatoms. The number of nitrogens with two attached hydrogens (primary N) is 1. The molecular weight excluding hydrogens is 424 g/mol. The van der Waals surface area contributed by atoms with Crippen molar-refractivity contribution in [1.82, 2.24) is 10.3 Å². The molecule has 28 heavy (non-hydrogen) atoms. The van der Waals surface area contributed by atoms with Gasteiger partial charge in [-0.15, -0.1) is 0 Å². The zero-order valence-corrected chi connectivity index (χ0v) is 16.9. The summed E-state index contributed by atoms with van der Waals surface area (Å²) in [5.41, 5.74) is 6.21. The molecular formula is C20H21BrN4O3. The molecule has 1 unspecified atom stereocenters. The Hall–Kier alpha value is -2.84. The molecule has 4 N–H and O–H groups in total. The van der Waals surface area contributed by atoms with Gasteiger partial charge in [0.1, 0.15) is 22.9 Å². The van der Waals surface area contributed by atoms with Crippen LogP contribution in [0.15, 0.2) is 59.2 Å². The fraction of sp³-hybridized carbons (Fsp3) is 0.200. The maximum atomic E-state index is 11.2. The van der Waals surface area contributed by atoms with Crippen molar-refractivity contribution in [3.63, 3.8) is 0 Å². The first kappa shape index (κ1) is 19.9. The SMILES string of the molecule is CC/C=C(Br)\C=C/CNC1Nc2cc(Oc3ccnc(C(N)=O)c3)ccc2O1. The first-order chi connectivity index (χ1) is 13.5. The second-order valence-electron chi connectivity index (χ2n) is 5.95. The van der Waals surface area contributed by atoms with E-state index in [1.54, 1.807) is 12.1 Å². The number of hydrogen-bond acceptors (Lipinski definition) is 6. The minimum absolute atomic E-state index is 0.151. The number of hydrogen-bond donors (Lipinski definition) is 3. The summed E-state index contributed by atoms with van der Waals surface area (Å²) in [6.45, 7) is 2.73. The summed E-state index contributed by atoms with van der Waals surface area (Å²) in [6, 6.07) is 8.61. The quantitative estimate of drug-likeness (QED) is 0.534. The van der Waals surface area contributed by atoms with Gasteiger partial charge in [-0.2, -0.15) is 0 Å². The minimum atomic E-state index is -0.602. The van der Waals surface area contributed by atoms with Crippen molar-refractivity contribution >= 4 is 27.5 Å². The molecule has 0 fully saturated rings. The van der Waals surface area contributed by atoms with E-state index in [1.807, 2.05) is 24.3 Å². The molecule has 1 amide bonds. The topological polar surface area (TPSA) is 98.5 Å². The Kier molecular flexibility index (Phi) is 6.67. The van der Waals surface area contributed by atoms with E-state index in [2.05, 4.69) is 44.5 Å². The van der Waals surface area contributed by atoms with Gasteiger partial charge < -0.3 is 20.5 Å². The Bertz CT molecular complexity index is 914. The van der Waals surface area contributed by atoms with Crippen LogP contribution in [0.2, 0.25) is 0 Å². The second kappa shape index (κ2) is 9.38. The van der Waals surface area contributed by atoms with E-state index in [9.17, 15) is 4.79 Å². The highest BCUT2D eigenvalue weighted by Crippen LogP contribution is 2.35. The van der Waals surface area contributed by atoms with Gasteiger partial charge >= 0.3 is 0 Å². The molecule has 1 atom stereocenters. The van der Waals surface area contributed by atoms with Crippen molar-refractivity contribution in [2.24, 2.45) is 5.73 Å². The van der Waals surface area contributed by atoms with Crippen LogP contribution in [0.3, 0.4) is 0 Å². The molecule has 1 aliphatic rings. The maximum absolute atomic E-state index is 11.2. The lowest BCUT2D eigenvalue weighted by molar-refractivity contribution is 0.0995. The van der Waals surface area contributed by atoms with Crippen molar-refractivity contribution < 1.29 is 14.3 Å². The van der Waals surface area contributed by atoms with Crippen molar-refractivity contribution in [3.8, 4) is 17.2 Å². The van der Waals surface area contributed by atoms with E-state index in [4.69, 9.17) is 15.2 Å². The fourth-order valence-electron chi connectivity index (χ4n) is 2.53. The first-order valence-corrected chi connectivity index (χ1v) is 9.61. The van der Waals surface area contributed by atoms with Gasteiger partial charge in [-0.25, -0.2) is 0 Å². The van der Waals surface area contributed by atoms with Gasteiger partial charge in [0.2, 0.25) is 6.35 Å². The third-order valence-corrected chi connectivity index (χ3v) is 4.39. The number of allylic oxidation sites excluding steroid dienone is 3. The van der Waals surface area contributed by atoms with Crippen LogP contribution in [-0.2, 0) is 0 Å². The zero-order valence-electron chi connectivity index (χ0n) is 15.3. The van der Waals surface area contributed by atoms with E-state index in [-0.39, 0.29) is 12.0 Å². The van der Waals surface area contributed by atoms with Gasteiger partial charge in [-0.3, -0.25) is 15.1 Å². The van der Waals surface area contributed by atoms with Gasteiger partial charge in [0.25, 0.3) is 5.91 Å². The summed E-state index contributed by atoms with van der Waals surface area (Å²) < 4.78 is 12.7. The Morgan fingerprint density at radius 1 is 1.39 bits per heavy atom. The average molecular weight is 445 g/mol. The van der Waals surface area contributed by atoms with Crippen LogP contribution in [0.4, 0.5) is 5.69 Å². The lowest BCUT2D eigenvalue weighted by Gasteiger charge is -2.11. The number of fused-ring (bicyclic) bond motifs is 1. The highest BCUT2D eigenvalue weighted by atomic mass is 79.9. The van der Waals surface area contributed by atoms with Crippen LogP contribution >= 0.6 is 15.9 Å². The Morgan fingerprint density at radius 3 is 3.00 bits per heavy atom. The normalized spacial score (nSPS) is 15.8. The van der Waals surface area contributed by atoms with Crippen molar-refractivity contribution in [3.05, 3.63) is 64.9 Å². The average Bonchev–Trinajstić information content (AvgIpc) is 3.08. The smallest absolute Gasteiger partial charge is 0.267 e. The summed E-state index contributed by atoms with van der Waals surface area (Å²) in [7, 11) is 0. The summed E-state index contributed by atoms with van der Waals surface area (Å²) in [6.07, 6.45) is 8.23. The molecule has 0 bridgehead atoms. The number of aromatic nitrogens is 1. The van der Waals surface area contributed by atoms with E-state index in [0.29, 0.717) is 18.0 Å². The van der Waals surface area contributed by atoms with Gasteiger partial charge in [0, 0.05) is 29.4 Å². The molecule has 0 saturated carbocycles. The number of benzene rings is 1. The molecule has 1 aromatic heterocycles. The minimum Gasteiger partial charge on any atom is -0.457 e. The fourth-order valence-corrected chi connectivity index (χ4v) is 3.04. The number of halogens is 1. The van der Waals surface area contributed by atoms with Gasteiger partial charge in [0.15, 0.2) is 0 Å². The van der Waals surface area contributed by atoms with E-state index >= 15 is 0 Å². The number of amides is 1. The molecule has 0 saturated heterocycles. The molecule has 3 rings (SSSR count). The number of nitrogens with one attached hydrogen (secondary N) is 2. The van der Waals surface area contributed by atoms with E-state index in [0.717, 1.165) is 22.3 Å². The molecule has 2 heterocycles. The third-order valence-electron chi connectivity index (χ3n) is 3.80. The van der Waals surface area contributed by atoms with Crippen LogP contribution < -0.4 is 25.8 Å². The predicted molar refractivity (Wildman–Crippen MR) is 112 cm³/mol. The lowest BCUT2D eigenvalue weighted by Crippen LogP contribution is -2.37. The molecule has 146 valence electrons. The number of ether oxygens (including phenoxy) is 2. The molecule has 0 spiro atoms. The first-order valence-electron chi connectivity index (χ1n) is 8.81. The van der Waals surface area contributed by atoms with Crippen LogP contribution in [0.25, 0.3) is 0 Å². The second-order valence-corrected chi connectivity index (χ2v) is 6.87. The zero-order chi connectivity index (χ0) is 19.9. The van der Waals surface area contributed by atoms with Crippen molar-refractivity contribution in [2.45, 2.75) is 19.7 Å². The Labute approximate surface area is 171 Å². The lowest BCUT2D eigenvalue weighted by atomic mass is 10.3. The van der Waals surface area contributed by atoms with Crippen LogP contribution in [-0.4, -0.2) is 23.8 Å². The summed E-state index contributed by atoms with van der Waals surface area (Å²) in [4.78, 5) is 15.1. The third kappa shape index (κ3) is 5.34. The number of primary amides is 1. The standard InChI is InChI=1S/C20H21BrN4O3/c1-2-4-13(21)5-3-9-24-20-25-16-11-14(6-7-18(16)28-20)27-15-8-10-23-17(12-15)19(22)26/h3-8,10-12,20,24-25H,2,9H2,1H3,(H2,22,26)/b5-3-,13-4+. The number of rotatable bonds is 8. The number of carbonyl (C=O) groups excluding carboxylic acids is 1. The molecule has 1 aliphatic heterocycles. The Balaban J connectivity index is 1.57. The van der Waals surface area contributed by atoms with E-state index < -0.39 is 5.91 Å². The largest absolute Gasteiger partial charge is 0.457 e. The number of nitrogens with zero attached hydrogens (tertiary/aromatic N) is 1. The molecule has 2 aromatic rings. The van der Waals surface area contributed by atoms with Gasteiger partial charge in [-0.1, -0.05) is 41.1 Å². The van der Waals surface area contributed by atoms with Gasteiger partial charge in [0.05, 0.1) is 5.69 Å². The van der Waals surface area contributed by atoms with Crippen LogP contribution in [0.1, 0.15) is 23.8 Å². The maximum Gasteiger partial charge on any atom is 0.267 e. The monoisotopic (exact) mass is 444 g/mol. The highest BCUT2D eigenvalue weighted by Gasteiger charge is 2.21. The molecule has 0 radical (unpaired) electrons. The Morgan fingerprint density at radius 2 is 2.21 bits per heavy atom. The van der Waals surface area contributed by atoms with Crippen LogP contribution in [0, 0.1) is 0 Å².